The molecule has 1 aliphatic heterocycles. The van der Waals surface area contributed by atoms with E-state index in [1.54, 1.807) is 18.3 Å². The maximum atomic E-state index is 13.1. The van der Waals surface area contributed by atoms with E-state index in [0.717, 1.165) is 58.7 Å². The lowest BCUT2D eigenvalue weighted by molar-refractivity contribution is -0.117. The largest absolute Gasteiger partial charge is 0.473 e. The van der Waals surface area contributed by atoms with E-state index in [9.17, 15) is 4.79 Å². The molecule has 1 aliphatic rings. The van der Waals surface area contributed by atoms with Crippen LogP contribution in [0.3, 0.4) is 0 Å². The summed E-state index contributed by atoms with van der Waals surface area (Å²) in [6, 6.07) is 7.58. The number of aromatic amines is 1. The summed E-state index contributed by atoms with van der Waals surface area (Å²) in [6.07, 6.45) is 7.58. The average molecular weight is 584 g/mol. The third-order valence-corrected chi connectivity index (χ3v) is 7.08. The fraction of sp³-hybridized carbons (Fsp3) is 0.333. The number of nitrogens with two attached hydrogens (primary N) is 1. The van der Waals surface area contributed by atoms with Crippen LogP contribution in [-0.4, -0.2) is 80.9 Å². The van der Waals surface area contributed by atoms with Crippen molar-refractivity contribution >= 4 is 40.1 Å². The highest BCUT2D eigenvalue weighted by molar-refractivity contribution is 6.06. The Bertz CT molecular complexity index is 1660. The zero-order valence-corrected chi connectivity index (χ0v) is 24.8. The number of rotatable bonds is 11. The topological polar surface area (TPSA) is 171 Å². The van der Waals surface area contributed by atoms with Gasteiger partial charge in [0.15, 0.2) is 0 Å². The van der Waals surface area contributed by atoms with Crippen LogP contribution in [0.25, 0.3) is 22.2 Å². The Morgan fingerprint density at radius 2 is 2.16 bits per heavy atom. The predicted octanol–water partition coefficient (Wildman–Crippen LogP) is 3.36. The van der Waals surface area contributed by atoms with Crippen molar-refractivity contribution in [1.29, 1.82) is 0 Å². The standard InChI is InChI=1S/C30H37N11O2/c1-5-33-25-12-27(37-17-36-25)43-20-9-10-41(15-20)16-26(42)38-23-8-6-7-21-22(14-34-29(21)23)28-18(2)13-35-30(40-28)39-24(31)11-19(3)32-4/h6-8,11-14,17,20,32,34H,5,9-10,15-16H2,1-4H3,(H,38,42)(H,33,36,37)(H2,31,35,39,40)/b19-11-/t20-/m0/s1. The SMILES string of the molecule is CCNc1cc(O[C@H]2CCN(CC(=O)Nc3cccc4c(-c5nc(/N=C(N)\C=C(\C)NC)ncc5C)c[nH]c34)C2)ncn1. The van der Waals surface area contributed by atoms with Crippen molar-refractivity contribution in [2.24, 2.45) is 10.7 Å². The molecule has 6 N–H and O–H groups in total. The van der Waals surface area contributed by atoms with Gasteiger partial charge in [0.05, 0.1) is 23.4 Å². The molecule has 0 unspecified atom stereocenters. The van der Waals surface area contributed by atoms with Gasteiger partial charge in [0.25, 0.3) is 5.95 Å². The number of amidine groups is 1. The predicted molar refractivity (Wildman–Crippen MR) is 168 cm³/mol. The molecule has 3 aromatic heterocycles. The van der Waals surface area contributed by atoms with Crippen molar-refractivity contribution in [1.82, 2.24) is 35.1 Å². The Hall–Kier alpha value is -5.04. The molecule has 1 saturated heterocycles. The summed E-state index contributed by atoms with van der Waals surface area (Å²) < 4.78 is 6.06. The van der Waals surface area contributed by atoms with Crippen molar-refractivity contribution in [3.63, 3.8) is 0 Å². The monoisotopic (exact) mass is 583 g/mol. The molecule has 13 nitrogen and oxygen atoms in total. The number of nitrogens with zero attached hydrogens (tertiary/aromatic N) is 6. The van der Waals surface area contributed by atoms with Gasteiger partial charge in [0, 0.05) is 61.8 Å². The number of aryl methyl sites for hydroxylation is 1. The summed E-state index contributed by atoms with van der Waals surface area (Å²) >= 11 is 0. The molecule has 0 radical (unpaired) electrons. The number of fused-ring (bicyclic) bond motifs is 1. The van der Waals surface area contributed by atoms with Crippen molar-refractivity contribution in [2.45, 2.75) is 33.3 Å². The normalized spacial score (nSPS) is 16.0. The third-order valence-electron chi connectivity index (χ3n) is 7.08. The van der Waals surface area contributed by atoms with E-state index in [4.69, 9.17) is 10.5 Å². The number of hydrogen-bond acceptors (Lipinski definition) is 10. The molecule has 0 aliphatic carbocycles. The molecule has 43 heavy (non-hydrogen) atoms. The van der Waals surface area contributed by atoms with Crippen molar-refractivity contribution in [2.75, 3.05) is 43.9 Å². The quantitative estimate of drug-likeness (QED) is 0.130. The van der Waals surface area contributed by atoms with E-state index in [1.165, 1.54) is 6.33 Å². The molecule has 13 heteroatoms. The minimum atomic E-state index is -0.101. The van der Waals surface area contributed by atoms with E-state index in [2.05, 4.69) is 50.8 Å². The molecule has 1 aromatic carbocycles. The van der Waals surface area contributed by atoms with Crippen molar-refractivity contribution < 1.29 is 9.53 Å². The van der Waals surface area contributed by atoms with Gasteiger partial charge >= 0.3 is 0 Å². The van der Waals surface area contributed by atoms with Crippen LogP contribution in [0.5, 0.6) is 5.88 Å². The van der Waals surface area contributed by atoms with E-state index in [-0.39, 0.29) is 24.5 Å². The Labute approximate surface area is 250 Å². The molecular formula is C30H37N11O2. The lowest BCUT2D eigenvalue weighted by Gasteiger charge is -2.16. The van der Waals surface area contributed by atoms with Crippen molar-refractivity contribution in [3.05, 3.63) is 60.3 Å². The minimum absolute atomic E-state index is 0.0457. The van der Waals surface area contributed by atoms with Crippen LogP contribution in [0, 0.1) is 6.92 Å². The van der Waals surface area contributed by atoms with Crippen LogP contribution in [0.4, 0.5) is 17.5 Å². The molecule has 0 bridgehead atoms. The molecule has 0 spiro atoms. The van der Waals surface area contributed by atoms with Gasteiger partial charge in [-0.1, -0.05) is 12.1 Å². The highest BCUT2D eigenvalue weighted by Crippen LogP contribution is 2.33. The van der Waals surface area contributed by atoms with Crippen LogP contribution < -0.4 is 26.4 Å². The van der Waals surface area contributed by atoms with Gasteiger partial charge in [-0.3, -0.25) is 9.69 Å². The number of carbonyl (C=O) groups is 1. The summed E-state index contributed by atoms with van der Waals surface area (Å²) in [6.45, 7) is 8.26. The van der Waals surface area contributed by atoms with Crippen LogP contribution in [0.1, 0.15) is 25.8 Å². The number of nitrogens with one attached hydrogen (secondary N) is 4. The Morgan fingerprint density at radius 1 is 1.30 bits per heavy atom. The number of carbonyl (C=O) groups excluding carboxylic acids is 1. The van der Waals surface area contributed by atoms with Gasteiger partial charge in [0.1, 0.15) is 24.1 Å². The smallest absolute Gasteiger partial charge is 0.251 e. The van der Waals surface area contributed by atoms with Crippen LogP contribution in [0.15, 0.2) is 59.8 Å². The van der Waals surface area contributed by atoms with Crippen molar-refractivity contribution in [3.8, 4) is 17.1 Å². The fourth-order valence-corrected chi connectivity index (χ4v) is 4.94. The first kappa shape index (κ1) is 29.5. The minimum Gasteiger partial charge on any atom is -0.473 e. The Balaban J connectivity index is 1.26. The summed E-state index contributed by atoms with van der Waals surface area (Å²) in [5.41, 5.74) is 10.9. The lowest BCUT2D eigenvalue weighted by Crippen LogP contribution is -2.33. The van der Waals surface area contributed by atoms with Gasteiger partial charge in [-0.15, -0.1) is 0 Å². The maximum absolute atomic E-state index is 13.1. The first-order chi connectivity index (χ1) is 20.8. The molecule has 224 valence electrons. The van der Waals surface area contributed by atoms with Crippen LogP contribution in [-0.2, 0) is 4.79 Å². The number of para-hydroxylation sites is 1. The van der Waals surface area contributed by atoms with E-state index < -0.39 is 0 Å². The number of hydrogen-bond donors (Lipinski definition) is 5. The van der Waals surface area contributed by atoms with Crippen LogP contribution in [0.2, 0.25) is 0 Å². The summed E-state index contributed by atoms with van der Waals surface area (Å²) in [7, 11) is 1.81. The molecule has 1 atom stereocenters. The number of likely N-dealkylation sites (tertiary alicyclic amines) is 1. The van der Waals surface area contributed by atoms with E-state index >= 15 is 0 Å². The molecule has 0 saturated carbocycles. The number of H-pyrrole nitrogens is 1. The van der Waals surface area contributed by atoms with Gasteiger partial charge in [-0.2, -0.15) is 4.99 Å². The number of aliphatic imine (C=N–C) groups is 1. The number of ether oxygens (including phenoxy) is 1. The highest BCUT2D eigenvalue weighted by atomic mass is 16.5. The molecular weight excluding hydrogens is 546 g/mol. The summed E-state index contributed by atoms with van der Waals surface area (Å²) in [5, 5.41) is 10.2. The lowest BCUT2D eigenvalue weighted by atomic mass is 10.1. The zero-order chi connectivity index (χ0) is 30.3. The first-order valence-corrected chi connectivity index (χ1v) is 14.2. The number of anilines is 2. The van der Waals surface area contributed by atoms with E-state index in [0.29, 0.717) is 23.9 Å². The zero-order valence-electron chi connectivity index (χ0n) is 24.8. The third kappa shape index (κ3) is 7.25. The number of amides is 1. The van der Waals surface area contributed by atoms with Gasteiger partial charge in [-0.05, 0) is 44.9 Å². The number of aromatic nitrogens is 5. The van der Waals surface area contributed by atoms with E-state index in [1.807, 2.05) is 52.2 Å². The van der Waals surface area contributed by atoms with Gasteiger partial charge in [0.2, 0.25) is 11.8 Å². The summed E-state index contributed by atoms with van der Waals surface area (Å²) in [4.78, 5) is 40.2. The Kier molecular flexibility index (Phi) is 9.11. The number of allylic oxidation sites excluding steroid dienone is 1. The maximum Gasteiger partial charge on any atom is 0.251 e. The molecule has 4 heterocycles. The van der Waals surface area contributed by atoms with Gasteiger partial charge < -0.3 is 31.4 Å². The Morgan fingerprint density at radius 3 is 2.98 bits per heavy atom. The fourth-order valence-electron chi connectivity index (χ4n) is 4.94. The van der Waals surface area contributed by atoms with Gasteiger partial charge in [-0.25, -0.2) is 19.9 Å². The average Bonchev–Trinajstić information content (AvgIpc) is 3.61. The molecule has 5 rings (SSSR count). The highest BCUT2D eigenvalue weighted by Gasteiger charge is 2.26. The number of benzene rings is 1. The second kappa shape index (κ2) is 13.3. The molecule has 1 amide bonds. The van der Waals surface area contributed by atoms with Crippen LogP contribution >= 0.6 is 0 Å². The molecule has 4 aromatic rings. The second-order valence-corrected chi connectivity index (χ2v) is 10.3. The molecule has 1 fully saturated rings. The summed E-state index contributed by atoms with van der Waals surface area (Å²) in [5.74, 6) is 1.72. The first-order valence-electron chi connectivity index (χ1n) is 14.2. The second-order valence-electron chi connectivity index (χ2n) is 10.3.